The molecule has 1 unspecified atom stereocenters. The minimum absolute atomic E-state index is 0.126. The van der Waals surface area contributed by atoms with Crippen molar-refractivity contribution in [3.8, 4) is 0 Å². The third-order valence-electron chi connectivity index (χ3n) is 5.17. The molecule has 0 spiro atoms. The van der Waals surface area contributed by atoms with Crippen LogP contribution < -0.4 is 4.72 Å². The maximum absolute atomic E-state index is 12.7. The van der Waals surface area contributed by atoms with Gasteiger partial charge in [0, 0.05) is 19.0 Å². The van der Waals surface area contributed by atoms with E-state index >= 15 is 0 Å². The number of carbonyl (C=O) groups is 1. The van der Waals surface area contributed by atoms with Crippen LogP contribution in [-0.2, 0) is 21.4 Å². The number of aryl methyl sites for hydroxylation is 1. The van der Waals surface area contributed by atoms with Gasteiger partial charge in [-0.15, -0.1) is 0 Å². The summed E-state index contributed by atoms with van der Waals surface area (Å²) >= 11 is 0. The Morgan fingerprint density at radius 2 is 1.90 bits per heavy atom. The van der Waals surface area contributed by atoms with Gasteiger partial charge < -0.3 is 9.64 Å². The number of ether oxygens (including phenoxy) is 1. The number of benzene rings is 2. The minimum atomic E-state index is -5.51. The molecular weight excluding hydrogens is 433 g/mol. The van der Waals surface area contributed by atoms with Crippen LogP contribution in [0.25, 0.3) is 0 Å². The molecule has 6 nitrogen and oxygen atoms in total. The number of nitrogens with zero attached hydrogens (tertiary/aromatic N) is 1. The molecule has 1 fully saturated rings. The molecule has 1 aliphatic rings. The van der Waals surface area contributed by atoms with E-state index in [4.69, 9.17) is 4.74 Å². The van der Waals surface area contributed by atoms with Gasteiger partial charge in [0.25, 0.3) is 0 Å². The van der Waals surface area contributed by atoms with E-state index in [0.717, 1.165) is 12.0 Å². The fourth-order valence-corrected chi connectivity index (χ4v) is 4.06. The molecule has 3 rings (SSSR count). The topological polar surface area (TPSA) is 75.7 Å². The van der Waals surface area contributed by atoms with Gasteiger partial charge in [-0.1, -0.05) is 42.5 Å². The number of anilines is 1. The van der Waals surface area contributed by atoms with Crippen molar-refractivity contribution >= 4 is 21.8 Å². The third-order valence-corrected chi connectivity index (χ3v) is 6.26. The van der Waals surface area contributed by atoms with Crippen LogP contribution in [0, 0.1) is 6.92 Å². The van der Waals surface area contributed by atoms with Crippen LogP contribution in [0.1, 0.15) is 35.4 Å². The van der Waals surface area contributed by atoms with E-state index < -0.39 is 21.6 Å². The Bertz CT molecular complexity index is 1030. The molecule has 0 bridgehead atoms. The van der Waals surface area contributed by atoms with E-state index in [2.05, 4.69) is 0 Å². The van der Waals surface area contributed by atoms with Gasteiger partial charge in [-0.2, -0.15) is 21.6 Å². The molecule has 168 valence electrons. The highest BCUT2D eigenvalue weighted by atomic mass is 32.2. The highest BCUT2D eigenvalue weighted by Gasteiger charge is 2.46. The van der Waals surface area contributed by atoms with Gasteiger partial charge in [-0.25, -0.2) is 4.79 Å². The van der Waals surface area contributed by atoms with Gasteiger partial charge in [-0.05, 0) is 42.5 Å². The summed E-state index contributed by atoms with van der Waals surface area (Å²) in [6.45, 7) is 2.52. The number of piperidine rings is 1. The van der Waals surface area contributed by atoms with Gasteiger partial charge in [-0.3, -0.25) is 4.72 Å². The summed E-state index contributed by atoms with van der Waals surface area (Å²) < 4.78 is 68.2. The van der Waals surface area contributed by atoms with Gasteiger partial charge in [0.2, 0.25) is 0 Å². The van der Waals surface area contributed by atoms with Crippen LogP contribution >= 0.6 is 0 Å². The first-order chi connectivity index (χ1) is 14.6. The Labute approximate surface area is 179 Å². The summed E-state index contributed by atoms with van der Waals surface area (Å²) in [7, 11) is -5.51. The largest absolute Gasteiger partial charge is 0.516 e. The second-order valence-corrected chi connectivity index (χ2v) is 9.12. The van der Waals surface area contributed by atoms with Gasteiger partial charge >= 0.3 is 21.6 Å². The maximum Gasteiger partial charge on any atom is 0.516 e. The summed E-state index contributed by atoms with van der Waals surface area (Å²) in [5.41, 5.74) is -3.64. The van der Waals surface area contributed by atoms with Crippen molar-refractivity contribution in [2.24, 2.45) is 0 Å². The highest BCUT2D eigenvalue weighted by molar-refractivity contribution is 7.93. The molecule has 1 saturated heterocycles. The lowest BCUT2D eigenvalue weighted by molar-refractivity contribution is -0.0429. The smallest absolute Gasteiger partial charge is 0.445 e. The SMILES string of the molecule is Cc1ccc(C2CCCN(C(=O)OCc3ccccc3)C2)cc1NS(=O)(=O)C(F)(F)F. The Kier molecular flexibility index (Phi) is 6.78. The molecule has 0 saturated carbocycles. The second-order valence-electron chi connectivity index (χ2n) is 7.45. The monoisotopic (exact) mass is 456 g/mol. The summed E-state index contributed by atoms with van der Waals surface area (Å²) in [6.07, 6.45) is 0.957. The van der Waals surface area contributed by atoms with Gasteiger partial charge in [0.15, 0.2) is 0 Å². The number of halogens is 3. The zero-order valence-corrected chi connectivity index (χ0v) is 17.7. The number of hydrogen-bond donors (Lipinski definition) is 1. The number of sulfonamides is 1. The fourth-order valence-electron chi connectivity index (χ4n) is 3.43. The molecule has 1 amide bonds. The van der Waals surface area contributed by atoms with Crippen LogP contribution in [0.2, 0.25) is 0 Å². The Hall–Kier alpha value is -2.75. The maximum atomic E-state index is 12.7. The third kappa shape index (κ3) is 5.69. The lowest BCUT2D eigenvalue weighted by Gasteiger charge is -2.32. The quantitative estimate of drug-likeness (QED) is 0.703. The van der Waals surface area contributed by atoms with Crippen molar-refractivity contribution in [3.63, 3.8) is 0 Å². The average molecular weight is 456 g/mol. The number of nitrogens with one attached hydrogen (secondary N) is 1. The number of hydrogen-bond acceptors (Lipinski definition) is 4. The number of rotatable bonds is 5. The van der Waals surface area contributed by atoms with Crippen molar-refractivity contribution in [2.45, 2.75) is 37.8 Å². The second kappa shape index (κ2) is 9.17. The summed E-state index contributed by atoms with van der Waals surface area (Å²) in [6, 6.07) is 14.0. The standard InChI is InChI=1S/C21H23F3N2O4S/c1-15-9-10-17(12-19(15)25-31(28,29)21(22,23)24)18-8-5-11-26(13-18)20(27)30-14-16-6-3-2-4-7-16/h2-4,6-7,9-10,12,18,25H,5,8,11,13-14H2,1H3. The molecule has 1 aliphatic heterocycles. The summed E-state index contributed by atoms with van der Waals surface area (Å²) in [5, 5.41) is 0. The average Bonchev–Trinajstić information content (AvgIpc) is 2.73. The molecule has 1 N–H and O–H groups in total. The molecule has 1 atom stereocenters. The van der Waals surface area contributed by atoms with Crippen molar-refractivity contribution in [2.75, 3.05) is 17.8 Å². The molecular formula is C21H23F3N2O4S. The molecule has 2 aromatic carbocycles. The number of likely N-dealkylation sites (tertiary alicyclic amines) is 1. The van der Waals surface area contributed by atoms with Gasteiger partial charge in [0.05, 0.1) is 5.69 Å². The van der Waals surface area contributed by atoms with Crippen LogP contribution in [0.5, 0.6) is 0 Å². The molecule has 2 aromatic rings. The van der Waals surface area contributed by atoms with Crippen LogP contribution in [0.3, 0.4) is 0 Å². The summed E-state index contributed by atoms with van der Waals surface area (Å²) in [4.78, 5) is 14.0. The van der Waals surface area contributed by atoms with E-state index in [-0.39, 0.29) is 18.2 Å². The molecule has 10 heteroatoms. The van der Waals surface area contributed by atoms with Crippen molar-refractivity contribution in [1.29, 1.82) is 0 Å². The minimum Gasteiger partial charge on any atom is -0.445 e. The normalized spacial score (nSPS) is 17.3. The van der Waals surface area contributed by atoms with Gasteiger partial charge in [0.1, 0.15) is 6.61 Å². The summed E-state index contributed by atoms with van der Waals surface area (Å²) in [5.74, 6) is -0.146. The predicted molar refractivity (Wildman–Crippen MR) is 110 cm³/mol. The molecule has 0 radical (unpaired) electrons. The zero-order chi connectivity index (χ0) is 22.6. The predicted octanol–water partition coefficient (Wildman–Crippen LogP) is 4.77. The van der Waals surface area contributed by atoms with E-state index in [9.17, 15) is 26.4 Å². The number of amides is 1. The van der Waals surface area contributed by atoms with E-state index in [0.29, 0.717) is 30.6 Å². The van der Waals surface area contributed by atoms with Crippen molar-refractivity contribution in [3.05, 3.63) is 65.2 Å². The van der Waals surface area contributed by atoms with Crippen molar-refractivity contribution in [1.82, 2.24) is 4.90 Å². The van der Waals surface area contributed by atoms with Crippen LogP contribution in [-0.4, -0.2) is 38.0 Å². The zero-order valence-electron chi connectivity index (χ0n) is 16.9. The Morgan fingerprint density at radius 1 is 1.19 bits per heavy atom. The Morgan fingerprint density at radius 3 is 2.58 bits per heavy atom. The van der Waals surface area contributed by atoms with Crippen LogP contribution in [0.4, 0.5) is 23.7 Å². The first kappa shape index (κ1) is 22.9. The molecule has 0 aromatic heterocycles. The fraction of sp³-hybridized carbons (Fsp3) is 0.381. The van der Waals surface area contributed by atoms with E-state index in [1.54, 1.807) is 21.8 Å². The van der Waals surface area contributed by atoms with E-state index in [1.165, 1.54) is 13.0 Å². The highest BCUT2D eigenvalue weighted by Crippen LogP contribution is 2.32. The molecule has 0 aliphatic carbocycles. The van der Waals surface area contributed by atoms with Crippen LogP contribution in [0.15, 0.2) is 48.5 Å². The lowest BCUT2D eigenvalue weighted by atomic mass is 9.90. The van der Waals surface area contributed by atoms with E-state index in [1.807, 2.05) is 30.3 Å². The lowest BCUT2D eigenvalue weighted by Crippen LogP contribution is -2.39. The molecule has 31 heavy (non-hydrogen) atoms. The Balaban J connectivity index is 1.69. The number of carbonyl (C=O) groups excluding carboxylic acids is 1. The molecule has 1 heterocycles. The van der Waals surface area contributed by atoms with Crippen molar-refractivity contribution < 1.29 is 31.1 Å². The first-order valence-electron chi connectivity index (χ1n) is 9.72. The number of alkyl halides is 3. The first-order valence-corrected chi connectivity index (χ1v) is 11.2.